The Morgan fingerprint density at radius 2 is 2.08 bits per heavy atom. The van der Waals surface area contributed by atoms with Gasteiger partial charge in [0.25, 0.3) is 0 Å². The fourth-order valence-corrected chi connectivity index (χ4v) is 2.97. The molecule has 0 unspecified atom stereocenters. The van der Waals surface area contributed by atoms with Crippen LogP contribution in [-0.2, 0) is 11.0 Å². The molecule has 3 N–H and O–H groups in total. The zero-order chi connectivity index (χ0) is 17.0. The minimum absolute atomic E-state index is 0. The van der Waals surface area contributed by atoms with E-state index in [-0.39, 0.29) is 41.6 Å². The van der Waals surface area contributed by atoms with E-state index < -0.39 is 11.7 Å². The van der Waals surface area contributed by atoms with Crippen molar-refractivity contribution in [2.24, 2.45) is 17.6 Å². The van der Waals surface area contributed by atoms with E-state index in [1.54, 1.807) is 6.92 Å². The van der Waals surface area contributed by atoms with Gasteiger partial charge in [-0.15, -0.1) is 12.4 Å². The van der Waals surface area contributed by atoms with Crippen LogP contribution in [0.2, 0.25) is 0 Å². The summed E-state index contributed by atoms with van der Waals surface area (Å²) >= 11 is 0. The first-order chi connectivity index (χ1) is 10.9. The highest BCUT2D eigenvalue weighted by atomic mass is 35.5. The monoisotopic (exact) mass is 366 g/mol. The SMILES string of the molecule is CCOc1ccc(C(F)(F)F)cc1NC(=O)[C@@H]1CCC[C@@H]1CN.Cl. The Labute approximate surface area is 145 Å². The van der Waals surface area contributed by atoms with E-state index in [1.807, 2.05) is 0 Å². The molecule has 0 aliphatic heterocycles. The highest BCUT2D eigenvalue weighted by molar-refractivity contribution is 5.94. The lowest BCUT2D eigenvalue weighted by Gasteiger charge is -2.19. The van der Waals surface area contributed by atoms with Gasteiger partial charge in [0.1, 0.15) is 5.75 Å². The molecule has 1 aliphatic carbocycles. The third kappa shape index (κ3) is 4.77. The van der Waals surface area contributed by atoms with E-state index in [4.69, 9.17) is 10.5 Å². The maximum Gasteiger partial charge on any atom is 0.416 e. The molecule has 2 rings (SSSR count). The van der Waals surface area contributed by atoms with Gasteiger partial charge in [0.15, 0.2) is 0 Å². The molecule has 1 saturated carbocycles. The maximum absolute atomic E-state index is 12.9. The second kappa shape index (κ2) is 8.58. The van der Waals surface area contributed by atoms with Crippen LogP contribution in [0.5, 0.6) is 5.75 Å². The third-order valence-corrected chi connectivity index (χ3v) is 4.16. The fraction of sp³-hybridized carbons (Fsp3) is 0.562. The molecular formula is C16H22ClF3N2O2. The van der Waals surface area contributed by atoms with Gasteiger partial charge in [0, 0.05) is 5.92 Å². The average molecular weight is 367 g/mol. The largest absolute Gasteiger partial charge is 0.492 e. The number of amides is 1. The molecule has 24 heavy (non-hydrogen) atoms. The van der Waals surface area contributed by atoms with Crippen LogP contribution in [0, 0.1) is 11.8 Å². The van der Waals surface area contributed by atoms with Gasteiger partial charge in [-0.3, -0.25) is 4.79 Å². The number of carbonyl (C=O) groups excluding carboxylic acids is 1. The first-order valence-electron chi connectivity index (χ1n) is 7.71. The molecule has 1 aliphatic rings. The van der Waals surface area contributed by atoms with Gasteiger partial charge in [0.2, 0.25) is 5.91 Å². The first-order valence-corrected chi connectivity index (χ1v) is 7.71. The summed E-state index contributed by atoms with van der Waals surface area (Å²) in [6.07, 6.45) is -2.00. The number of anilines is 1. The van der Waals surface area contributed by atoms with Crippen molar-refractivity contribution in [2.45, 2.75) is 32.4 Å². The second-order valence-electron chi connectivity index (χ2n) is 5.66. The molecule has 0 heterocycles. The molecule has 4 nitrogen and oxygen atoms in total. The summed E-state index contributed by atoms with van der Waals surface area (Å²) in [7, 11) is 0. The molecule has 8 heteroatoms. The normalized spacial score (nSPS) is 20.4. The van der Waals surface area contributed by atoms with Crippen LogP contribution in [0.25, 0.3) is 0 Å². The Bertz CT molecular complexity index is 567. The lowest BCUT2D eigenvalue weighted by Crippen LogP contribution is -2.30. The number of ether oxygens (including phenoxy) is 1. The molecule has 2 atom stereocenters. The number of nitrogens with one attached hydrogen (secondary N) is 1. The molecule has 1 amide bonds. The first kappa shape index (κ1) is 20.6. The van der Waals surface area contributed by atoms with E-state index in [9.17, 15) is 18.0 Å². The van der Waals surface area contributed by atoms with Gasteiger partial charge >= 0.3 is 6.18 Å². The predicted octanol–water partition coefficient (Wildman–Crippen LogP) is 3.84. The van der Waals surface area contributed by atoms with Crippen LogP contribution in [0.4, 0.5) is 18.9 Å². The summed E-state index contributed by atoms with van der Waals surface area (Å²) in [5, 5.41) is 2.59. The summed E-state index contributed by atoms with van der Waals surface area (Å²) in [4.78, 5) is 12.4. The Balaban J connectivity index is 0.00000288. The van der Waals surface area contributed by atoms with E-state index >= 15 is 0 Å². The summed E-state index contributed by atoms with van der Waals surface area (Å²) in [6, 6.07) is 3.09. The standard InChI is InChI=1S/C16H21F3N2O2.ClH/c1-2-23-14-7-6-11(16(17,18)19)8-13(14)21-15(22)12-5-3-4-10(12)9-20;/h6-8,10,12H,2-5,9,20H2,1H3,(H,21,22);1H/t10-,12-;/m1./s1. The highest BCUT2D eigenvalue weighted by Gasteiger charge is 2.34. The number of halogens is 4. The molecule has 1 fully saturated rings. The van der Waals surface area contributed by atoms with Crippen LogP contribution in [0.3, 0.4) is 0 Å². The van der Waals surface area contributed by atoms with Crippen LogP contribution in [-0.4, -0.2) is 19.1 Å². The van der Waals surface area contributed by atoms with Gasteiger partial charge in [-0.2, -0.15) is 13.2 Å². The minimum atomic E-state index is -4.47. The van der Waals surface area contributed by atoms with Crippen molar-refractivity contribution in [3.63, 3.8) is 0 Å². The Hall–Kier alpha value is -1.47. The highest BCUT2D eigenvalue weighted by Crippen LogP contribution is 2.37. The van der Waals surface area contributed by atoms with E-state index in [1.165, 1.54) is 6.07 Å². The Morgan fingerprint density at radius 1 is 1.38 bits per heavy atom. The van der Waals surface area contributed by atoms with E-state index in [0.29, 0.717) is 19.6 Å². The van der Waals surface area contributed by atoms with Crippen LogP contribution in [0.15, 0.2) is 18.2 Å². The predicted molar refractivity (Wildman–Crippen MR) is 88.4 cm³/mol. The van der Waals surface area contributed by atoms with E-state index in [0.717, 1.165) is 25.0 Å². The molecule has 1 aromatic carbocycles. The average Bonchev–Trinajstić information content (AvgIpc) is 2.96. The zero-order valence-corrected chi connectivity index (χ0v) is 14.2. The number of carbonyl (C=O) groups is 1. The van der Waals surface area contributed by atoms with Crippen molar-refractivity contribution in [3.8, 4) is 5.75 Å². The molecule has 0 spiro atoms. The molecule has 136 valence electrons. The summed E-state index contributed by atoms with van der Waals surface area (Å²) in [5.74, 6) is -0.241. The molecule has 0 bridgehead atoms. The van der Waals surface area contributed by atoms with Crippen LogP contribution >= 0.6 is 12.4 Å². The third-order valence-electron chi connectivity index (χ3n) is 4.16. The number of rotatable bonds is 5. The number of nitrogens with two attached hydrogens (primary N) is 1. The smallest absolute Gasteiger partial charge is 0.416 e. The summed E-state index contributed by atoms with van der Waals surface area (Å²) in [5.41, 5.74) is 4.89. The van der Waals surface area contributed by atoms with Crippen molar-refractivity contribution in [1.82, 2.24) is 0 Å². The zero-order valence-electron chi connectivity index (χ0n) is 13.4. The number of hydrogen-bond donors (Lipinski definition) is 2. The topological polar surface area (TPSA) is 64.3 Å². The van der Waals surface area contributed by atoms with Gasteiger partial charge < -0.3 is 15.8 Å². The Kier molecular flexibility index (Phi) is 7.35. The van der Waals surface area contributed by atoms with Crippen molar-refractivity contribution >= 4 is 24.0 Å². The van der Waals surface area contributed by atoms with Crippen molar-refractivity contribution in [3.05, 3.63) is 23.8 Å². The van der Waals surface area contributed by atoms with Gasteiger partial charge in [0.05, 0.1) is 17.9 Å². The lowest BCUT2D eigenvalue weighted by atomic mass is 9.95. The van der Waals surface area contributed by atoms with Crippen LogP contribution in [0.1, 0.15) is 31.7 Å². The number of benzene rings is 1. The maximum atomic E-state index is 12.9. The van der Waals surface area contributed by atoms with Gasteiger partial charge in [-0.05, 0) is 50.4 Å². The number of alkyl halides is 3. The summed E-state index contributed by atoms with van der Waals surface area (Å²) in [6.45, 7) is 2.42. The van der Waals surface area contributed by atoms with Gasteiger partial charge in [-0.25, -0.2) is 0 Å². The van der Waals surface area contributed by atoms with Crippen LogP contribution < -0.4 is 15.8 Å². The summed E-state index contributed by atoms with van der Waals surface area (Å²) < 4.78 is 43.9. The molecule has 0 radical (unpaired) electrons. The molecule has 1 aromatic rings. The molecule has 0 aromatic heterocycles. The minimum Gasteiger partial charge on any atom is -0.492 e. The second-order valence-corrected chi connectivity index (χ2v) is 5.66. The molecular weight excluding hydrogens is 345 g/mol. The molecule has 0 saturated heterocycles. The number of hydrogen-bond acceptors (Lipinski definition) is 3. The van der Waals surface area contributed by atoms with Crippen molar-refractivity contribution in [1.29, 1.82) is 0 Å². The lowest BCUT2D eigenvalue weighted by molar-refractivity contribution is -0.137. The quantitative estimate of drug-likeness (QED) is 0.832. The van der Waals surface area contributed by atoms with Crippen molar-refractivity contribution in [2.75, 3.05) is 18.5 Å². The Morgan fingerprint density at radius 3 is 2.67 bits per heavy atom. The van der Waals surface area contributed by atoms with E-state index in [2.05, 4.69) is 5.32 Å². The fourth-order valence-electron chi connectivity index (χ4n) is 2.97. The van der Waals surface area contributed by atoms with Gasteiger partial charge in [-0.1, -0.05) is 6.42 Å². The van der Waals surface area contributed by atoms with Crippen molar-refractivity contribution < 1.29 is 22.7 Å².